The second kappa shape index (κ2) is 34.0. The summed E-state index contributed by atoms with van der Waals surface area (Å²) in [7, 11) is -10.9. The summed E-state index contributed by atoms with van der Waals surface area (Å²) in [6, 6.07) is 1.24. The Kier molecular flexibility index (Phi) is 29.5. The van der Waals surface area contributed by atoms with Crippen LogP contribution in [-0.4, -0.2) is 97.9 Å². The summed E-state index contributed by atoms with van der Waals surface area (Å²) in [5.41, 5.74) is 4.58. The quantitative estimate of drug-likeness (QED) is 0.0136. The van der Waals surface area contributed by atoms with Gasteiger partial charge in [0.2, 0.25) is 0 Å². The summed E-state index contributed by atoms with van der Waals surface area (Å²) in [5, 5.41) is 20.9. The lowest BCUT2D eigenvalue weighted by Crippen LogP contribution is -2.36. The summed E-state index contributed by atoms with van der Waals surface area (Å²) < 4.78 is 62.3. The number of nitrogen functional groups attached to an aromatic ring is 1. The summed E-state index contributed by atoms with van der Waals surface area (Å²) in [5.74, 6) is -0.643. The molecule has 1 aromatic rings. The number of nitrogens with two attached hydrogens (primary N) is 1. The van der Waals surface area contributed by atoms with Crippen molar-refractivity contribution in [2.24, 2.45) is 5.92 Å². The number of hydrogen-bond donors (Lipinski definition) is 5. The Labute approximate surface area is 413 Å². The van der Waals surface area contributed by atoms with Gasteiger partial charge in [0.05, 0.1) is 25.4 Å². The number of aliphatic hydroxyl groups excluding tert-OH is 2. The number of phosphoric acid groups is 2. The van der Waals surface area contributed by atoms with Crippen molar-refractivity contribution in [1.29, 1.82) is 0 Å². The predicted octanol–water partition coefficient (Wildman–Crippen LogP) is 8.79. The molecule has 70 heavy (non-hydrogen) atoms. The number of nitrogens with zero attached hydrogens (tertiary/aromatic N) is 2. The van der Waals surface area contributed by atoms with Crippen LogP contribution in [0, 0.1) is 5.92 Å². The van der Waals surface area contributed by atoms with E-state index in [4.69, 9.17) is 33.7 Å². The van der Waals surface area contributed by atoms with Crippen LogP contribution in [-0.2, 0) is 51.0 Å². The Morgan fingerprint density at radius 1 is 0.757 bits per heavy atom. The standard InChI is InChI=1S/C49H79N3O16P2/c1-4-6-23-29-40-41(66-40)30-25-20-16-11-9-7-8-10-12-18-22-27-32-45(54)65-39(35-62-44(53)31-26-21-17-14-13-15-19-24-28-38(3)5-2)36-63-69(58,59)68-70(60,61)64-37-42-46(55)47(56)48(67-42)52-34-33-43(50)51-49(52)57/h6,8-11,18,20,22-23,25,33-34,38-42,46-48,55-56H,4-5,7,12-17,19,21,24,26-32,35-37H2,1-3H3,(H,58,59)(H,60,61)(H2,50,51,57)/b10-8-,11-9-,22-18-,23-6-,25-20-/t38?,39-,40?,41?,42-,46-,47-,48-/m1/s1. The minimum Gasteiger partial charge on any atom is -0.462 e. The maximum absolute atomic E-state index is 12.8. The molecule has 2 aliphatic rings. The minimum absolute atomic E-state index is 0.0801. The molecular formula is C49H79N3O16P2. The van der Waals surface area contributed by atoms with Gasteiger partial charge >= 0.3 is 33.3 Å². The van der Waals surface area contributed by atoms with E-state index in [-0.39, 0.29) is 18.7 Å². The fraction of sp³-hybridized carbons (Fsp3) is 0.673. The van der Waals surface area contributed by atoms with E-state index in [1.165, 1.54) is 38.2 Å². The second-order valence-corrected chi connectivity index (χ2v) is 20.6. The number of rotatable bonds is 38. The number of unbranched alkanes of at least 4 members (excludes halogenated alkanes) is 7. The molecule has 3 rings (SSSR count). The fourth-order valence-electron chi connectivity index (χ4n) is 7.24. The van der Waals surface area contributed by atoms with Crippen molar-refractivity contribution in [2.45, 2.75) is 186 Å². The van der Waals surface area contributed by atoms with Crippen LogP contribution >= 0.6 is 15.6 Å². The first-order chi connectivity index (χ1) is 33.5. The van der Waals surface area contributed by atoms with E-state index in [1.54, 1.807) is 6.08 Å². The molecule has 0 radical (unpaired) electrons. The van der Waals surface area contributed by atoms with Crippen molar-refractivity contribution in [3.8, 4) is 0 Å². The van der Waals surface area contributed by atoms with Crippen molar-refractivity contribution in [2.75, 3.05) is 25.6 Å². The van der Waals surface area contributed by atoms with Crippen LogP contribution in [0.15, 0.2) is 77.8 Å². The summed E-state index contributed by atoms with van der Waals surface area (Å²) in [6.07, 6.45) is 30.9. The molecule has 21 heteroatoms. The van der Waals surface area contributed by atoms with Crippen LogP contribution in [0.2, 0.25) is 0 Å². The molecule has 0 spiro atoms. The lowest BCUT2D eigenvalue weighted by molar-refractivity contribution is -0.161. The summed E-state index contributed by atoms with van der Waals surface area (Å²) in [4.78, 5) is 61.8. The van der Waals surface area contributed by atoms with Crippen molar-refractivity contribution in [3.05, 3.63) is 83.5 Å². The third-order valence-corrected chi connectivity index (χ3v) is 14.2. The highest BCUT2D eigenvalue weighted by molar-refractivity contribution is 7.61. The number of allylic oxidation sites excluding steroid dienone is 8. The van der Waals surface area contributed by atoms with Crippen LogP contribution in [0.3, 0.4) is 0 Å². The number of aromatic nitrogens is 2. The topological polar surface area (TPSA) is 278 Å². The second-order valence-electron chi connectivity index (χ2n) is 17.6. The molecule has 19 nitrogen and oxygen atoms in total. The average molecular weight is 1030 g/mol. The smallest absolute Gasteiger partial charge is 0.462 e. The molecule has 6 N–H and O–H groups in total. The minimum atomic E-state index is -5.44. The van der Waals surface area contributed by atoms with Gasteiger partial charge in [0.1, 0.15) is 30.7 Å². The van der Waals surface area contributed by atoms with Gasteiger partial charge < -0.3 is 44.7 Å². The van der Waals surface area contributed by atoms with Gasteiger partial charge in [0.15, 0.2) is 12.3 Å². The van der Waals surface area contributed by atoms with E-state index in [9.17, 15) is 43.5 Å². The summed E-state index contributed by atoms with van der Waals surface area (Å²) in [6.45, 7) is 4.23. The van der Waals surface area contributed by atoms with Crippen molar-refractivity contribution in [1.82, 2.24) is 9.55 Å². The van der Waals surface area contributed by atoms with Gasteiger partial charge in [-0.25, -0.2) is 13.9 Å². The third-order valence-electron chi connectivity index (χ3n) is 11.6. The van der Waals surface area contributed by atoms with Gasteiger partial charge in [-0.15, -0.1) is 0 Å². The zero-order valence-electron chi connectivity index (χ0n) is 41.2. The first-order valence-corrected chi connectivity index (χ1v) is 27.8. The average Bonchev–Trinajstić information content (AvgIpc) is 4.00. The molecule has 0 bridgehead atoms. The van der Waals surface area contributed by atoms with E-state index >= 15 is 0 Å². The number of anilines is 1. The molecule has 0 aromatic carbocycles. The molecule has 0 amide bonds. The zero-order chi connectivity index (χ0) is 51.2. The van der Waals surface area contributed by atoms with Gasteiger partial charge in [-0.3, -0.25) is 23.2 Å². The van der Waals surface area contributed by atoms with Crippen LogP contribution in [0.5, 0.6) is 0 Å². The Balaban J connectivity index is 1.42. The SMILES string of the molecule is CC/C=C\CC1OC1C/C=C\C/C=C\C/C=C\C/C=C\CCC(=O)O[C@H](COC(=O)CCCCCCCCCCC(C)CC)COP(=O)(O)OP(=O)(O)OC[C@H]1O[C@@H](n2ccc(N)nc2=O)[C@H](O)[C@@H]1O. The van der Waals surface area contributed by atoms with E-state index in [1.807, 2.05) is 18.2 Å². The number of hydrogen-bond acceptors (Lipinski definition) is 16. The molecular weight excluding hydrogens is 948 g/mol. The van der Waals surface area contributed by atoms with Gasteiger partial charge in [0.25, 0.3) is 0 Å². The van der Waals surface area contributed by atoms with Gasteiger partial charge in [-0.2, -0.15) is 9.29 Å². The van der Waals surface area contributed by atoms with E-state index < -0.39 is 83.7 Å². The first kappa shape index (κ1) is 60.7. The molecule has 396 valence electrons. The fourth-order valence-corrected chi connectivity index (χ4v) is 9.35. The van der Waals surface area contributed by atoms with Gasteiger partial charge in [-0.1, -0.05) is 139 Å². The molecule has 0 aliphatic carbocycles. The van der Waals surface area contributed by atoms with E-state index in [2.05, 4.69) is 66.5 Å². The van der Waals surface area contributed by atoms with Crippen molar-refractivity contribution >= 4 is 33.4 Å². The highest BCUT2D eigenvalue weighted by Gasteiger charge is 2.46. The summed E-state index contributed by atoms with van der Waals surface area (Å²) >= 11 is 0. The molecule has 2 saturated heterocycles. The number of epoxide rings is 1. The molecule has 2 aliphatic heterocycles. The predicted molar refractivity (Wildman–Crippen MR) is 265 cm³/mol. The Morgan fingerprint density at radius 2 is 1.34 bits per heavy atom. The highest BCUT2D eigenvalue weighted by atomic mass is 31.3. The van der Waals surface area contributed by atoms with Crippen molar-refractivity contribution < 1.29 is 71.0 Å². The van der Waals surface area contributed by atoms with Crippen molar-refractivity contribution in [3.63, 3.8) is 0 Å². The number of carbonyl (C=O) groups excluding carboxylic acids is 2. The van der Waals surface area contributed by atoms with Crippen LogP contribution in [0.25, 0.3) is 0 Å². The molecule has 10 atom stereocenters. The Bertz CT molecular complexity index is 1990. The number of carbonyl (C=O) groups is 2. The van der Waals surface area contributed by atoms with Gasteiger partial charge in [-0.05, 0) is 63.4 Å². The van der Waals surface area contributed by atoms with Crippen LogP contribution in [0.4, 0.5) is 5.82 Å². The zero-order valence-corrected chi connectivity index (χ0v) is 42.9. The van der Waals surface area contributed by atoms with E-state index in [0.29, 0.717) is 31.5 Å². The van der Waals surface area contributed by atoms with E-state index in [0.717, 1.165) is 74.5 Å². The van der Waals surface area contributed by atoms with Gasteiger partial charge in [0, 0.05) is 19.0 Å². The Morgan fingerprint density at radius 3 is 1.97 bits per heavy atom. The molecule has 1 aromatic heterocycles. The first-order valence-electron chi connectivity index (χ1n) is 24.8. The Hall–Kier alpha value is -3.58. The number of phosphoric ester groups is 2. The molecule has 5 unspecified atom stereocenters. The molecule has 3 heterocycles. The maximum Gasteiger partial charge on any atom is 0.481 e. The van der Waals surface area contributed by atoms with Crippen LogP contribution in [0.1, 0.15) is 149 Å². The molecule has 2 fully saturated rings. The number of esters is 2. The maximum atomic E-state index is 12.8. The monoisotopic (exact) mass is 1030 g/mol. The lowest BCUT2D eigenvalue weighted by atomic mass is 9.99. The van der Waals surface area contributed by atoms with Crippen LogP contribution < -0.4 is 11.4 Å². The highest BCUT2D eigenvalue weighted by Crippen LogP contribution is 2.60. The number of ether oxygens (including phenoxy) is 4. The lowest BCUT2D eigenvalue weighted by Gasteiger charge is -2.21. The normalized spacial score (nSPS) is 23.1. The number of aliphatic hydroxyl groups is 2. The largest absolute Gasteiger partial charge is 0.481 e. The third kappa shape index (κ3) is 26.2. The molecule has 0 saturated carbocycles.